The van der Waals surface area contributed by atoms with Gasteiger partial charge in [-0.05, 0) is 31.9 Å². The monoisotopic (exact) mass is 269 g/mol. The summed E-state index contributed by atoms with van der Waals surface area (Å²) in [6.07, 6.45) is 0.481. The first-order valence-corrected chi connectivity index (χ1v) is 7.23. The van der Waals surface area contributed by atoms with Gasteiger partial charge < -0.3 is 10.4 Å². The summed E-state index contributed by atoms with van der Waals surface area (Å²) in [7, 11) is 0. The maximum absolute atomic E-state index is 11.7. The molecule has 2 atom stereocenters. The fourth-order valence-corrected chi connectivity index (χ4v) is 2.73. The number of aliphatic hydroxyl groups excluding tert-OH is 1. The van der Waals surface area contributed by atoms with Crippen LogP contribution in [0.1, 0.15) is 36.9 Å². The summed E-state index contributed by atoms with van der Waals surface area (Å²) >= 11 is 1.76. The van der Waals surface area contributed by atoms with E-state index in [1.165, 1.54) is 9.75 Å². The number of hydrogen-bond acceptors (Lipinski definition) is 3. The van der Waals surface area contributed by atoms with Crippen molar-refractivity contribution in [2.75, 3.05) is 0 Å². The van der Waals surface area contributed by atoms with Gasteiger partial charge in [-0.3, -0.25) is 4.79 Å². The molecule has 102 valence electrons. The summed E-state index contributed by atoms with van der Waals surface area (Å²) in [6, 6.07) is 4.30. The van der Waals surface area contributed by atoms with Gasteiger partial charge in [-0.1, -0.05) is 13.8 Å². The Kier molecular flexibility index (Phi) is 5.82. The van der Waals surface area contributed by atoms with E-state index in [2.05, 4.69) is 24.4 Å². The van der Waals surface area contributed by atoms with Crippen molar-refractivity contribution in [2.45, 2.75) is 52.7 Å². The average molecular weight is 269 g/mol. The van der Waals surface area contributed by atoms with Crippen LogP contribution in [0.4, 0.5) is 0 Å². The first kappa shape index (κ1) is 15.2. The summed E-state index contributed by atoms with van der Waals surface area (Å²) in [6.45, 7) is 7.90. The number of aliphatic hydroxyl groups is 1. The predicted octanol–water partition coefficient (Wildman–Crippen LogP) is 2.51. The number of rotatable bonds is 6. The molecule has 4 heteroatoms. The lowest BCUT2D eigenvalue weighted by atomic mass is 10.0. The summed E-state index contributed by atoms with van der Waals surface area (Å²) in [4.78, 5) is 14.3. The minimum atomic E-state index is -0.554. The molecule has 0 spiro atoms. The Balaban J connectivity index is 2.35. The van der Waals surface area contributed by atoms with Crippen molar-refractivity contribution >= 4 is 17.2 Å². The van der Waals surface area contributed by atoms with Gasteiger partial charge >= 0.3 is 0 Å². The standard InChI is InChI=1S/C14H23NO2S/c1-9(2)13(16)8-14(17)15-10(3)7-12-6-5-11(4)18-12/h5-6,9-10,13,16H,7-8H2,1-4H3,(H,15,17). The fraction of sp³-hybridized carbons (Fsp3) is 0.643. The van der Waals surface area contributed by atoms with Crippen molar-refractivity contribution in [1.82, 2.24) is 5.32 Å². The van der Waals surface area contributed by atoms with Crippen LogP contribution >= 0.6 is 11.3 Å². The number of carbonyl (C=O) groups excluding carboxylic acids is 1. The van der Waals surface area contributed by atoms with Crippen LogP contribution in [0.3, 0.4) is 0 Å². The Bertz CT molecular complexity index is 387. The van der Waals surface area contributed by atoms with Crippen LogP contribution in [0, 0.1) is 12.8 Å². The fourth-order valence-electron chi connectivity index (χ4n) is 1.71. The van der Waals surface area contributed by atoms with Crippen molar-refractivity contribution in [3.8, 4) is 0 Å². The lowest BCUT2D eigenvalue weighted by molar-refractivity contribution is -0.124. The molecule has 0 aliphatic heterocycles. The van der Waals surface area contributed by atoms with Gasteiger partial charge in [0, 0.05) is 22.2 Å². The maximum Gasteiger partial charge on any atom is 0.222 e. The van der Waals surface area contributed by atoms with Gasteiger partial charge in [-0.2, -0.15) is 0 Å². The molecule has 18 heavy (non-hydrogen) atoms. The zero-order chi connectivity index (χ0) is 13.7. The van der Waals surface area contributed by atoms with E-state index in [9.17, 15) is 9.90 Å². The molecule has 0 radical (unpaired) electrons. The normalized spacial score (nSPS) is 14.6. The Morgan fingerprint density at radius 2 is 2.06 bits per heavy atom. The molecule has 2 unspecified atom stereocenters. The number of amides is 1. The summed E-state index contributed by atoms with van der Waals surface area (Å²) in [5, 5.41) is 12.6. The molecular weight excluding hydrogens is 246 g/mol. The van der Waals surface area contributed by atoms with E-state index in [0.29, 0.717) is 0 Å². The minimum Gasteiger partial charge on any atom is -0.392 e. The number of aryl methyl sites for hydroxylation is 1. The van der Waals surface area contributed by atoms with Gasteiger partial charge in [0.25, 0.3) is 0 Å². The number of carbonyl (C=O) groups is 1. The molecule has 0 bridgehead atoms. The maximum atomic E-state index is 11.7. The van der Waals surface area contributed by atoms with Crippen LogP contribution < -0.4 is 5.32 Å². The Morgan fingerprint density at radius 3 is 2.56 bits per heavy atom. The average Bonchev–Trinajstić information content (AvgIpc) is 2.62. The van der Waals surface area contributed by atoms with E-state index in [4.69, 9.17) is 0 Å². The third-order valence-corrected chi connectivity index (χ3v) is 3.90. The molecule has 0 aliphatic carbocycles. The molecule has 0 saturated heterocycles. The van der Waals surface area contributed by atoms with Gasteiger partial charge in [0.1, 0.15) is 0 Å². The lowest BCUT2D eigenvalue weighted by Crippen LogP contribution is -2.36. The predicted molar refractivity (Wildman–Crippen MR) is 75.8 cm³/mol. The molecule has 1 heterocycles. The summed E-state index contributed by atoms with van der Waals surface area (Å²) in [5.74, 6) is 0.0444. The van der Waals surface area contributed by atoms with Crippen molar-refractivity contribution in [2.24, 2.45) is 5.92 Å². The molecule has 3 nitrogen and oxygen atoms in total. The van der Waals surface area contributed by atoms with Crippen molar-refractivity contribution < 1.29 is 9.90 Å². The quantitative estimate of drug-likeness (QED) is 0.833. The molecule has 1 aromatic heterocycles. The molecular formula is C14H23NO2S. The highest BCUT2D eigenvalue weighted by Crippen LogP contribution is 2.16. The van der Waals surface area contributed by atoms with Crippen molar-refractivity contribution in [1.29, 1.82) is 0 Å². The minimum absolute atomic E-state index is 0.0722. The Labute approximate surface area is 113 Å². The highest BCUT2D eigenvalue weighted by atomic mass is 32.1. The van der Waals surface area contributed by atoms with E-state index >= 15 is 0 Å². The second-order valence-corrected chi connectivity index (χ2v) is 6.57. The molecule has 1 amide bonds. The van der Waals surface area contributed by atoms with E-state index < -0.39 is 6.10 Å². The first-order chi connectivity index (χ1) is 8.38. The number of nitrogens with one attached hydrogen (secondary N) is 1. The van der Waals surface area contributed by atoms with Gasteiger partial charge in [0.2, 0.25) is 5.91 Å². The van der Waals surface area contributed by atoms with Crippen LogP contribution in [0.25, 0.3) is 0 Å². The lowest BCUT2D eigenvalue weighted by Gasteiger charge is -2.17. The second-order valence-electron chi connectivity index (χ2n) is 5.20. The van der Waals surface area contributed by atoms with Crippen molar-refractivity contribution in [3.63, 3.8) is 0 Å². The van der Waals surface area contributed by atoms with Crippen LogP contribution in [-0.2, 0) is 11.2 Å². The van der Waals surface area contributed by atoms with Gasteiger partial charge in [0.15, 0.2) is 0 Å². The van der Waals surface area contributed by atoms with Crippen LogP contribution in [0.5, 0.6) is 0 Å². The van der Waals surface area contributed by atoms with E-state index in [0.717, 1.165) is 6.42 Å². The van der Waals surface area contributed by atoms with Crippen LogP contribution in [-0.4, -0.2) is 23.2 Å². The van der Waals surface area contributed by atoms with Gasteiger partial charge in [-0.25, -0.2) is 0 Å². The van der Waals surface area contributed by atoms with Crippen molar-refractivity contribution in [3.05, 3.63) is 21.9 Å². The first-order valence-electron chi connectivity index (χ1n) is 6.41. The molecule has 2 N–H and O–H groups in total. The molecule has 0 aromatic carbocycles. The summed E-state index contributed by atoms with van der Waals surface area (Å²) in [5.41, 5.74) is 0. The third kappa shape index (κ3) is 5.19. The highest BCUT2D eigenvalue weighted by molar-refractivity contribution is 7.11. The van der Waals surface area contributed by atoms with E-state index in [-0.39, 0.29) is 24.3 Å². The molecule has 1 rings (SSSR count). The zero-order valence-electron chi connectivity index (χ0n) is 11.6. The van der Waals surface area contributed by atoms with Gasteiger partial charge in [-0.15, -0.1) is 11.3 Å². The largest absolute Gasteiger partial charge is 0.392 e. The van der Waals surface area contributed by atoms with Crippen LogP contribution in [0.15, 0.2) is 12.1 Å². The third-order valence-electron chi connectivity index (χ3n) is 2.87. The number of thiophene rings is 1. The van der Waals surface area contributed by atoms with Crippen LogP contribution in [0.2, 0.25) is 0 Å². The Morgan fingerprint density at radius 1 is 1.39 bits per heavy atom. The van der Waals surface area contributed by atoms with E-state index in [1.807, 2.05) is 20.8 Å². The van der Waals surface area contributed by atoms with Gasteiger partial charge in [0.05, 0.1) is 12.5 Å². The zero-order valence-corrected chi connectivity index (χ0v) is 12.4. The number of hydrogen-bond donors (Lipinski definition) is 2. The Hall–Kier alpha value is -0.870. The SMILES string of the molecule is Cc1ccc(CC(C)NC(=O)CC(O)C(C)C)s1. The topological polar surface area (TPSA) is 49.3 Å². The molecule has 1 aromatic rings. The smallest absolute Gasteiger partial charge is 0.222 e. The summed E-state index contributed by atoms with van der Waals surface area (Å²) < 4.78 is 0. The molecule has 0 fully saturated rings. The second kappa shape index (κ2) is 6.90. The highest BCUT2D eigenvalue weighted by Gasteiger charge is 2.16. The molecule has 0 aliphatic rings. The molecule has 0 saturated carbocycles. The van der Waals surface area contributed by atoms with E-state index in [1.54, 1.807) is 11.3 Å².